The van der Waals surface area contributed by atoms with Crippen molar-refractivity contribution in [2.24, 2.45) is 7.05 Å². The lowest BCUT2D eigenvalue weighted by atomic mass is 9.95. The Bertz CT molecular complexity index is 912. The summed E-state index contributed by atoms with van der Waals surface area (Å²) in [5.41, 5.74) is 1.55. The number of amides is 2. The van der Waals surface area contributed by atoms with Crippen LogP contribution in [0.4, 0.5) is 0 Å². The van der Waals surface area contributed by atoms with Gasteiger partial charge in [0.15, 0.2) is 10.6 Å². The van der Waals surface area contributed by atoms with Crippen molar-refractivity contribution >= 4 is 24.0 Å². The molecule has 1 aromatic carbocycles. The van der Waals surface area contributed by atoms with Crippen LogP contribution in [0.5, 0.6) is 0 Å². The van der Waals surface area contributed by atoms with E-state index in [1.807, 2.05) is 25.1 Å². The van der Waals surface area contributed by atoms with E-state index in [-0.39, 0.29) is 30.9 Å². The number of benzene rings is 1. The Labute approximate surface area is 170 Å². The molecule has 0 unspecified atom stereocenters. The first kappa shape index (κ1) is 20.3. The van der Waals surface area contributed by atoms with Gasteiger partial charge in [0.25, 0.3) is 5.91 Å². The van der Waals surface area contributed by atoms with Crippen LogP contribution in [0.25, 0.3) is 0 Å². The third kappa shape index (κ3) is 4.86. The molecule has 1 saturated carbocycles. The van der Waals surface area contributed by atoms with Gasteiger partial charge in [-0.3, -0.25) is 9.59 Å². The highest BCUT2D eigenvalue weighted by atomic mass is 32.1. The lowest BCUT2D eigenvalue weighted by Crippen LogP contribution is -2.38. The van der Waals surface area contributed by atoms with Crippen LogP contribution in [0, 0.1) is 11.7 Å². The second-order valence-corrected chi connectivity index (χ2v) is 7.68. The van der Waals surface area contributed by atoms with Crippen molar-refractivity contribution in [2.75, 3.05) is 0 Å². The van der Waals surface area contributed by atoms with Gasteiger partial charge >= 0.3 is 0 Å². The maximum atomic E-state index is 12.4. The predicted octanol–water partition coefficient (Wildman–Crippen LogP) is 2.64. The fourth-order valence-corrected chi connectivity index (χ4v) is 3.74. The Hall–Kier alpha value is -2.48. The van der Waals surface area contributed by atoms with Gasteiger partial charge in [0.1, 0.15) is 6.54 Å². The summed E-state index contributed by atoms with van der Waals surface area (Å²) in [4.78, 5) is 24.7. The van der Waals surface area contributed by atoms with Crippen molar-refractivity contribution in [3.63, 3.8) is 0 Å². The third-order valence-electron chi connectivity index (χ3n) is 5.19. The van der Waals surface area contributed by atoms with Crippen molar-refractivity contribution < 1.29 is 9.59 Å². The van der Waals surface area contributed by atoms with Crippen molar-refractivity contribution in [3.8, 4) is 0 Å². The van der Waals surface area contributed by atoms with Gasteiger partial charge in [-0.2, -0.15) is 5.10 Å². The molecule has 0 saturated heterocycles. The van der Waals surface area contributed by atoms with Crippen LogP contribution in [-0.4, -0.2) is 32.2 Å². The molecule has 8 heteroatoms. The number of hydrogen-bond acceptors (Lipinski definition) is 4. The first-order chi connectivity index (χ1) is 13.5. The van der Waals surface area contributed by atoms with Gasteiger partial charge in [-0.1, -0.05) is 37.5 Å². The van der Waals surface area contributed by atoms with Gasteiger partial charge in [-0.05, 0) is 43.6 Å². The third-order valence-corrected chi connectivity index (χ3v) is 5.68. The van der Waals surface area contributed by atoms with Crippen molar-refractivity contribution in [3.05, 3.63) is 46.0 Å². The van der Waals surface area contributed by atoms with Crippen LogP contribution in [0.2, 0.25) is 0 Å². The molecule has 0 spiro atoms. The van der Waals surface area contributed by atoms with Crippen LogP contribution in [0.3, 0.4) is 0 Å². The Balaban J connectivity index is 1.61. The Morgan fingerprint density at radius 1 is 1.21 bits per heavy atom. The summed E-state index contributed by atoms with van der Waals surface area (Å²) in [6.45, 7) is 2.23. The minimum Gasteiger partial charge on any atom is -0.352 e. The highest BCUT2D eigenvalue weighted by molar-refractivity contribution is 7.71. The number of aryl methyl sites for hydroxylation is 1. The Morgan fingerprint density at radius 3 is 2.64 bits per heavy atom. The summed E-state index contributed by atoms with van der Waals surface area (Å²) >= 11 is 5.40. The first-order valence-electron chi connectivity index (χ1n) is 9.71. The summed E-state index contributed by atoms with van der Waals surface area (Å²) in [6.07, 6.45) is 5.65. The van der Waals surface area contributed by atoms with Crippen molar-refractivity contribution in [1.29, 1.82) is 0 Å². The van der Waals surface area contributed by atoms with Crippen molar-refractivity contribution in [2.45, 2.75) is 58.2 Å². The van der Waals surface area contributed by atoms with Gasteiger partial charge in [0.2, 0.25) is 5.91 Å². The maximum Gasteiger partial charge on any atom is 0.251 e. The van der Waals surface area contributed by atoms with E-state index < -0.39 is 0 Å². The van der Waals surface area contributed by atoms with Crippen LogP contribution >= 0.6 is 12.2 Å². The summed E-state index contributed by atoms with van der Waals surface area (Å²) in [6, 6.07) is 7.68. The number of nitrogens with zero attached hydrogens (tertiary/aromatic N) is 3. The number of hydrogen-bond donors (Lipinski definition) is 2. The van der Waals surface area contributed by atoms with Crippen LogP contribution in [0.1, 0.15) is 53.8 Å². The van der Waals surface area contributed by atoms with E-state index in [2.05, 4.69) is 15.7 Å². The number of rotatable bonds is 6. The molecule has 7 nitrogen and oxygen atoms in total. The van der Waals surface area contributed by atoms with E-state index in [4.69, 9.17) is 12.2 Å². The Morgan fingerprint density at radius 2 is 1.93 bits per heavy atom. The minimum absolute atomic E-state index is 0.0726. The van der Waals surface area contributed by atoms with E-state index in [1.54, 1.807) is 17.7 Å². The van der Waals surface area contributed by atoms with Gasteiger partial charge in [0.05, 0.1) is 6.54 Å². The predicted molar refractivity (Wildman–Crippen MR) is 109 cm³/mol. The van der Waals surface area contributed by atoms with E-state index in [0.29, 0.717) is 16.2 Å². The van der Waals surface area contributed by atoms with E-state index in [1.165, 1.54) is 23.9 Å². The molecular weight excluding hydrogens is 374 g/mol. The number of carbonyl (C=O) groups is 2. The average molecular weight is 402 g/mol. The van der Waals surface area contributed by atoms with Crippen molar-refractivity contribution in [1.82, 2.24) is 25.0 Å². The fourth-order valence-electron chi connectivity index (χ4n) is 3.53. The first-order valence-corrected chi connectivity index (χ1v) is 10.1. The SMILES string of the molecule is Cc1ccccc1C(=O)NCc1nn(CC(=O)NC2CCCCC2)c(=S)n1C. The van der Waals surface area contributed by atoms with Crippen LogP contribution in [0.15, 0.2) is 24.3 Å². The molecule has 3 rings (SSSR count). The molecule has 1 aliphatic rings. The molecule has 0 aliphatic heterocycles. The summed E-state index contributed by atoms with van der Waals surface area (Å²) in [7, 11) is 1.79. The molecule has 1 fully saturated rings. The molecular formula is C20H27N5O2S. The topological polar surface area (TPSA) is 80.9 Å². The molecule has 0 radical (unpaired) electrons. The molecule has 1 heterocycles. The zero-order valence-electron chi connectivity index (χ0n) is 16.4. The van der Waals surface area contributed by atoms with Gasteiger partial charge < -0.3 is 15.2 Å². The van der Waals surface area contributed by atoms with Crippen LogP contribution in [-0.2, 0) is 24.9 Å². The second kappa shape index (κ2) is 9.14. The zero-order valence-corrected chi connectivity index (χ0v) is 17.2. The summed E-state index contributed by atoms with van der Waals surface area (Å²) in [5, 5.41) is 10.4. The highest BCUT2D eigenvalue weighted by Gasteiger charge is 2.17. The Kier molecular flexibility index (Phi) is 6.61. The smallest absolute Gasteiger partial charge is 0.251 e. The molecule has 1 aromatic heterocycles. The average Bonchev–Trinajstić information content (AvgIpc) is 2.95. The molecule has 0 bridgehead atoms. The molecule has 150 valence electrons. The fraction of sp³-hybridized carbons (Fsp3) is 0.500. The van der Waals surface area contributed by atoms with Gasteiger partial charge in [0, 0.05) is 18.7 Å². The van der Waals surface area contributed by atoms with E-state index >= 15 is 0 Å². The lowest BCUT2D eigenvalue weighted by Gasteiger charge is -2.22. The molecule has 2 N–H and O–H groups in total. The zero-order chi connectivity index (χ0) is 20.1. The molecule has 2 aromatic rings. The lowest BCUT2D eigenvalue weighted by molar-refractivity contribution is -0.122. The van der Waals surface area contributed by atoms with Gasteiger partial charge in [-0.15, -0.1) is 0 Å². The van der Waals surface area contributed by atoms with E-state index in [9.17, 15) is 9.59 Å². The summed E-state index contributed by atoms with van der Waals surface area (Å²) in [5.74, 6) is 0.377. The largest absolute Gasteiger partial charge is 0.352 e. The van der Waals surface area contributed by atoms with E-state index in [0.717, 1.165) is 18.4 Å². The molecule has 1 aliphatic carbocycles. The highest BCUT2D eigenvalue weighted by Crippen LogP contribution is 2.17. The number of carbonyl (C=O) groups excluding carboxylic acids is 2. The molecule has 0 atom stereocenters. The van der Waals surface area contributed by atoms with Gasteiger partial charge in [-0.25, -0.2) is 4.68 Å². The molecule has 28 heavy (non-hydrogen) atoms. The minimum atomic E-state index is -0.159. The number of aromatic nitrogens is 3. The number of nitrogens with one attached hydrogen (secondary N) is 2. The van der Waals surface area contributed by atoms with Crippen LogP contribution < -0.4 is 10.6 Å². The maximum absolute atomic E-state index is 12.4. The standard InChI is InChI=1S/C20H27N5O2S/c1-14-8-6-7-11-16(14)19(27)21-12-17-23-25(20(28)24(17)2)13-18(26)22-15-9-4-3-5-10-15/h6-8,11,15H,3-5,9-10,12-13H2,1-2H3,(H,21,27)(H,22,26). The normalized spacial score (nSPS) is 14.6. The summed E-state index contributed by atoms with van der Waals surface area (Å²) < 4.78 is 3.70. The second-order valence-electron chi connectivity index (χ2n) is 7.32. The molecule has 2 amide bonds. The monoisotopic (exact) mass is 401 g/mol. The quantitative estimate of drug-likeness (QED) is 0.729.